The molecule has 1 heterocycles. The second-order valence-corrected chi connectivity index (χ2v) is 7.08. The van der Waals surface area contributed by atoms with E-state index >= 15 is 0 Å². The van der Waals surface area contributed by atoms with Crippen LogP contribution < -0.4 is 5.73 Å². The van der Waals surface area contributed by atoms with Crippen LogP contribution in [0.5, 0.6) is 0 Å². The number of hydrogen-bond acceptors (Lipinski definition) is 2. The van der Waals surface area contributed by atoms with Gasteiger partial charge in [0.25, 0.3) is 0 Å². The Morgan fingerprint density at radius 1 is 0.962 bits per heavy atom. The molecule has 0 aliphatic rings. The SMILES string of the molecule is Cc1ccc2oc(C(N)Cc3ccccc3)c(-c3ccc(Cl)cc3)c2c1. The van der Waals surface area contributed by atoms with Crippen molar-refractivity contribution in [1.82, 2.24) is 0 Å². The van der Waals surface area contributed by atoms with Crippen molar-refractivity contribution in [2.24, 2.45) is 5.73 Å². The van der Waals surface area contributed by atoms with Crippen LogP contribution in [0.15, 0.2) is 77.2 Å². The first kappa shape index (κ1) is 16.9. The summed E-state index contributed by atoms with van der Waals surface area (Å²) in [6.07, 6.45) is 0.722. The number of furan rings is 1. The molecule has 0 radical (unpaired) electrons. The summed E-state index contributed by atoms with van der Waals surface area (Å²) >= 11 is 6.08. The lowest BCUT2D eigenvalue weighted by molar-refractivity contribution is 0.496. The normalized spacial score (nSPS) is 12.4. The molecule has 2 N–H and O–H groups in total. The molecule has 0 bridgehead atoms. The van der Waals surface area contributed by atoms with Gasteiger partial charge in [-0.2, -0.15) is 0 Å². The molecule has 3 aromatic carbocycles. The molecule has 1 atom stereocenters. The molecule has 0 amide bonds. The van der Waals surface area contributed by atoms with Crippen LogP contribution in [-0.2, 0) is 6.42 Å². The highest BCUT2D eigenvalue weighted by Crippen LogP contribution is 2.39. The molecule has 4 rings (SSSR count). The van der Waals surface area contributed by atoms with Crippen LogP contribution in [0.3, 0.4) is 0 Å². The summed E-state index contributed by atoms with van der Waals surface area (Å²) in [6.45, 7) is 2.08. The van der Waals surface area contributed by atoms with Crippen molar-refractivity contribution in [3.63, 3.8) is 0 Å². The molecule has 0 aliphatic heterocycles. The van der Waals surface area contributed by atoms with Crippen LogP contribution in [0, 0.1) is 6.92 Å². The van der Waals surface area contributed by atoms with Gasteiger partial charge in [-0.05, 0) is 48.7 Å². The maximum Gasteiger partial charge on any atom is 0.135 e. The Bertz CT molecular complexity index is 1040. The molecular formula is C23H20ClNO. The number of aryl methyl sites for hydroxylation is 1. The van der Waals surface area contributed by atoms with Gasteiger partial charge in [-0.25, -0.2) is 0 Å². The Balaban J connectivity index is 1.85. The highest BCUT2D eigenvalue weighted by molar-refractivity contribution is 6.30. The summed E-state index contributed by atoms with van der Waals surface area (Å²) in [5.41, 5.74) is 11.9. The molecule has 0 aliphatic carbocycles. The summed E-state index contributed by atoms with van der Waals surface area (Å²) in [5.74, 6) is 0.816. The second-order valence-electron chi connectivity index (χ2n) is 6.64. The van der Waals surface area contributed by atoms with Gasteiger partial charge in [0.1, 0.15) is 11.3 Å². The minimum atomic E-state index is -0.226. The third-order valence-electron chi connectivity index (χ3n) is 4.64. The molecule has 0 saturated carbocycles. The molecule has 0 saturated heterocycles. The third kappa shape index (κ3) is 3.26. The maximum atomic E-state index is 6.58. The Morgan fingerprint density at radius 2 is 1.69 bits per heavy atom. The van der Waals surface area contributed by atoms with Gasteiger partial charge < -0.3 is 10.2 Å². The van der Waals surface area contributed by atoms with Crippen LogP contribution in [0.4, 0.5) is 0 Å². The van der Waals surface area contributed by atoms with E-state index in [4.69, 9.17) is 21.8 Å². The van der Waals surface area contributed by atoms with Crippen LogP contribution in [0.2, 0.25) is 5.02 Å². The highest BCUT2D eigenvalue weighted by atomic mass is 35.5. The van der Waals surface area contributed by atoms with E-state index in [1.165, 1.54) is 11.1 Å². The van der Waals surface area contributed by atoms with Crippen molar-refractivity contribution >= 4 is 22.6 Å². The lowest BCUT2D eigenvalue weighted by Crippen LogP contribution is -2.13. The first-order chi connectivity index (χ1) is 12.6. The lowest BCUT2D eigenvalue weighted by atomic mass is 9.96. The minimum absolute atomic E-state index is 0.226. The van der Waals surface area contributed by atoms with Crippen LogP contribution in [-0.4, -0.2) is 0 Å². The third-order valence-corrected chi connectivity index (χ3v) is 4.89. The van der Waals surface area contributed by atoms with Crippen LogP contribution >= 0.6 is 11.6 Å². The van der Waals surface area contributed by atoms with Gasteiger partial charge in [-0.3, -0.25) is 0 Å². The van der Waals surface area contributed by atoms with E-state index in [1.807, 2.05) is 48.5 Å². The Morgan fingerprint density at radius 3 is 2.42 bits per heavy atom. The predicted molar refractivity (Wildman–Crippen MR) is 108 cm³/mol. The molecule has 3 heteroatoms. The minimum Gasteiger partial charge on any atom is -0.459 e. The molecule has 130 valence electrons. The number of rotatable bonds is 4. The number of benzene rings is 3. The zero-order chi connectivity index (χ0) is 18.1. The maximum absolute atomic E-state index is 6.58. The second kappa shape index (κ2) is 6.99. The van der Waals surface area contributed by atoms with Gasteiger partial charge in [0.05, 0.1) is 6.04 Å². The van der Waals surface area contributed by atoms with Crippen LogP contribution in [0.25, 0.3) is 22.1 Å². The van der Waals surface area contributed by atoms with Crippen molar-refractivity contribution < 1.29 is 4.42 Å². The van der Waals surface area contributed by atoms with Gasteiger partial charge in [-0.1, -0.05) is 65.7 Å². The number of halogens is 1. The van der Waals surface area contributed by atoms with E-state index in [9.17, 15) is 0 Å². The van der Waals surface area contributed by atoms with E-state index in [-0.39, 0.29) is 6.04 Å². The average molecular weight is 362 g/mol. The first-order valence-corrected chi connectivity index (χ1v) is 9.08. The number of fused-ring (bicyclic) bond motifs is 1. The zero-order valence-corrected chi connectivity index (χ0v) is 15.3. The quantitative estimate of drug-likeness (QED) is 0.463. The Hall–Kier alpha value is -2.55. The number of hydrogen-bond donors (Lipinski definition) is 1. The molecule has 26 heavy (non-hydrogen) atoms. The molecular weight excluding hydrogens is 342 g/mol. The summed E-state index contributed by atoms with van der Waals surface area (Å²) in [7, 11) is 0. The molecule has 1 aromatic heterocycles. The summed E-state index contributed by atoms with van der Waals surface area (Å²) in [4.78, 5) is 0. The molecule has 2 nitrogen and oxygen atoms in total. The van der Waals surface area contributed by atoms with Gasteiger partial charge in [0.15, 0.2) is 0 Å². The lowest BCUT2D eigenvalue weighted by Gasteiger charge is -2.12. The van der Waals surface area contributed by atoms with E-state index in [0.717, 1.165) is 34.3 Å². The largest absolute Gasteiger partial charge is 0.459 e. The fourth-order valence-electron chi connectivity index (χ4n) is 3.37. The van der Waals surface area contributed by atoms with Crippen molar-refractivity contribution in [2.45, 2.75) is 19.4 Å². The summed E-state index contributed by atoms with van der Waals surface area (Å²) < 4.78 is 6.21. The van der Waals surface area contributed by atoms with Gasteiger partial charge >= 0.3 is 0 Å². The summed E-state index contributed by atoms with van der Waals surface area (Å²) in [6, 6.07) is 24.1. The first-order valence-electron chi connectivity index (χ1n) is 8.70. The average Bonchev–Trinajstić information content (AvgIpc) is 3.02. The van der Waals surface area contributed by atoms with E-state index in [0.29, 0.717) is 5.02 Å². The molecule has 0 fully saturated rings. The molecule has 1 unspecified atom stereocenters. The Labute approximate surface area is 158 Å². The van der Waals surface area contributed by atoms with Gasteiger partial charge in [0.2, 0.25) is 0 Å². The monoisotopic (exact) mass is 361 g/mol. The Kier molecular flexibility index (Phi) is 4.54. The van der Waals surface area contributed by atoms with Gasteiger partial charge in [-0.15, -0.1) is 0 Å². The number of nitrogens with two attached hydrogens (primary N) is 1. The van der Waals surface area contributed by atoms with Gasteiger partial charge in [0, 0.05) is 16.0 Å². The van der Waals surface area contributed by atoms with E-state index < -0.39 is 0 Å². The van der Waals surface area contributed by atoms with E-state index in [1.54, 1.807) is 0 Å². The smallest absolute Gasteiger partial charge is 0.135 e. The van der Waals surface area contributed by atoms with Crippen LogP contribution in [0.1, 0.15) is 22.9 Å². The standard InChI is InChI=1S/C23H20ClNO/c1-15-7-12-21-19(13-15)22(17-8-10-18(24)11-9-17)23(26-21)20(25)14-16-5-3-2-4-6-16/h2-13,20H,14,25H2,1H3. The van der Waals surface area contributed by atoms with Crippen molar-refractivity contribution in [3.8, 4) is 11.1 Å². The van der Waals surface area contributed by atoms with Crippen molar-refractivity contribution in [1.29, 1.82) is 0 Å². The van der Waals surface area contributed by atoms with Crippen molar-refractivity contribution in [3.05, 3.63) is 94.7 Å². The zero-order valence-electron chi connectivity index (χ0n) is 14.6. The van der Waals surface area contributed by atoms with E-state index in [2.05, 4.69) is 31.2 Å². The highest BCUT2D eigenvalue weighted by Gasteiger charge is 2.21. The van der Waals surface area contributed by atoms with Crippen molar-refractivity contribution in [2.75, 3.05) is 0 Å². The molecule has 4 aromatic rings. The summed E-state index contributed by atoms with van der Waals surface area (Å²) in [5, 5.41) is 1.80. The molecule has 0 spiro atoms. The fraction of sp³-hybridized carbons (Fsp3) is 0.130. The topological polar surface area (TPSA) is 39.2 Å². The predicted octanol–water partition coefficient (Wildman–Crippen LogP) is 6.30. The fourth-order valence-corrected chi connectivity index (χ4v) is 3.49.